The molecule has 1 heterocycles. The molecule has 0 saturated heterocycles. The molecule has 74 valence electrons. The number of aromatic nitrogens is 1. The van der Waals surface area contributed by atoms with Gasteiger partial charge in [0.25, 0.3) is 5.69 Å². The molecule has 1 aromatic heterocycles. The number of pyridine rings is 1. The van der Waals surface area contributed by atoms with Crippen molar-refractivity contribution in [2.75, 3.05) is 0 Å². The molecule has 0 atom stereocenters. The van der Waals surface area contributed by atoms with E-state index in [1.165, 1.54) is 18.3 Å². The van der Waals surface area contributed by atoms with Gasteiger partial charge in [0.2, 0.25) is 0 Å². The fourth-order valence-electron chi connectivity index (χ4n) is 0.951. The van der Waals surface area contributed by atoms with Crippen molar-refractivity contribution in [3.05, 3.63) is 34.1 Å². The van der Waals surface area contributed by atoms with Crippen LogP contribution in [0.5, 0.6) is 0 Å². The summed E-state index contributed by atoms with van der Waals surface area (Å²) in [5, 5.41) is 18.7. The number of nitro groups is 1. The Hall–Kier alpha value is -1.98. The minimum absolute atomic E-state index is 0.0691. The lowest BCUT2D eigenvalue weighted by molar-refractivity contribution is -0.385. The summed E-state index contributed by atoms with van der Waals surface area (Å²) >= 11 is 0. The van der Waals surface area contributed by atoms with Crippen LogP contribution in [0.1, 0.15) is 12.1 Å². The summed E-state index contributed by atoms with van der Waals surface area (Å²) in [4.78, 5) is 23.9. The first-order valence-electron chi connectivity index (χ1n) is 3.90. The molecule has 6 heteroatoms. The average Bonchev–Trinajstić information content (AvgIpc) is 2.15. The zero-order valence-corrected chi connectivity index (χ0v) is 7.21. The van der Waals surface area contributed by atoms with E-state index in [0.29, 0.717) is 5.69 Å². The Kier molecular flexibility index (Phi) is 3.11. The third-order valence-corrected chi connectivity index (χ3v) is 1.61. The van der Waals surface area contributed by atoms with E-state index in [1.807, 2.05) is 0 Å². The summed E-state index contributed by atoms with van der Waals surface area (Å²) in [5.41, 5.74) is 0.349. The van der Waals surface area contributed by atoms with E-state index in [1.54, 1.807) is 0 Å². The number of rotatable bonds is 4. The molecule has 1 rings (SSSR count). The van der Waals surface area contributed by atoms with Crippen LogP contribution in [0.25, 0.3) is 0 Å². The molecule has 0 spiro atoms. The van der Waals surface area contributed by atoms with Gasteiger partial charge in [0, 0.05) is 30.4 Å². The van der Waals surface area contributed by atoms with Crippen molar-refractivity contribution < 1.29 is 14.8 Å². The highest BCUT2D eigenvalue weighted by molar-refractivity contribution is 5.67. The summed E-state index contributed by atoms with van der Waals surface area (Å²) in [6, 6.07) is 2.55. The lowest BCUT2D eigenvalue weighted by Gasteiger charge is -1.96. The maximum Gasteiger partial charge on any atom is 0.303 e. The molecular weight excluding hydrogens is 188 g/mol. The van der Waals surface area contributed by atoms with E-state index in [2.05, 4.69) is 4.98 Å². The van der Waals surface area contributed by atoms with E-state index in [4.69, 9.17) is 5.11 Å². The minimum Gasteiger partial charge on any atom is -0.481 e. The Morgan fingerprint density at radius 1 is 1.64 bits per heavy atom. The lowest BCUT2D eigenvalue weighted by atomic mass is 10.2. The highest BCUT2D eigenvalue weighted by Gasteiger charge is 2.07. The van der Waals surface area contributed by atoms with Gasteiger partial charge in [0.1, 0.15) is 0 Å². The van der Waals surface area contributed by atoms with Gasteiger partial charge < -0.3 is 5.11 Å². The number of aliphatic carboxylic acids is 1. The van der Waals surface area contributed by atoms with Gasteiger partial charge in [-0.05, 0) is 0 Å². The van der Waals surface area contributed by atoms with Gasteiger partial charge in [0.15, 0.2) is 0 Å². The van der Waals surface area contributed by atoms with Crippen molar-refractivity contribution in [2.45, 2.75) is 12.8 Å². The Balaban J connectivity index is 2.73. The number of hydrogen-bond donors (Lipinski definition) is 1. The summed E-state index contributed by atoms with van der Waals surface area (Å²) in [5.74, 6) is -0.946. The maximum atomic E-state index is 10.4. The summed E-state index contributed by atoms with van der Waals surface area (Å²) in [6.07, 6.45) is 1.43. The summed E-state index contributed by atoms with van der Waals surface area (Å²) < 4.78 is 0. The van der Waals surface area contributed by atoms with Crippen LogP contribution in [0.15, 0.2) is 18.3 Å². The molecule has 0 aliphatic carbocycles. The molecule has 1 N–H and O–H groups in total. The van der Waals surface area contributed by atoms with Gasteiger partial charge in [-0.15, -0.1) is 0 Å². The number of carboxylic acids is 1. The molecule has 0 radical (unpaired) electrons. The Labute approximate surface area is 79.4 Å². The van der Waals surface area contributed by atoms with Crippen molar-refractivity contribution in [2.24, 2.45) is 0 Å². The SMILES string of the molecule is O=C(O)CCc1cc([N+](=O)[O-])ccn1. The van der Waals surface area contributed by atoms with Crippen LogP contribution in [-0.4, -0.2) is 21.0 Å². The van der Waals surface area contributed by atoms with Crippen molar-refractivity contribution in [1.29, 1.82) is 0 Å². The van der Waals surface area contributed by atoms with Crippen LogP contribution < -0.4 is 0 Å². The van der Waals surface area contributed by atoms with Crippen LogP contribution >= 0.6 is 0 Å². The highest BCUT2D eigenvalue weighted by atomic mass is 16.6. The Morgan fingerprint density at radius 3 is 2.93 bits per heavy atom. The predicted octanol–water partition coefficient (Wildman–Crippen LogP) is 1.01. The van der Waals surface area contributed by atoms with Crippen LogP contribution in [-0.2, 0) is 11.2 Å². The van der Waals surface area contributed by atoms with Gasteiger partial charge in [-0.2, -0.15) is 0 Å². The topological polar surface area (TPSA) is 93.3 Å². The standard InChI is InChI=1S/C8H8N2O4/c11-8(12)2-1-6-5-7(10(13)14)3-4-9-6/h3-5H,1-2H2,(H,11,12). The first-order chi connectivity index (χ1) is 6.59. The van der Waals surface area contributed by atoms with Crippen molar-refractivity contribution in [3.63, 3.8) is 0 Å². The molecule has 6 nitrogen and oxygen atoms in total. The van der Waals surface area contributed by atoms with Gasteiger partial charge in [0.05, 0.1) is 11.3 Å². The van der Waals surface area contributed by atoms with Crippen LogP contribution in [0.4, 0.5) is 5.69 Å². The van der Waals surface area contributed by atoms with Crippen molar-refractivity contribution in [3.8, 4) is 0 Å². The fraction of sp³-hybridized carbons (Fsp3) is 0.250. The number of hydrogen-bond acceptors (Lipinski definition) is 4. The second-order valence-electron chi connectivity index (χ2n) is 2.66. The molecule has 14 heavy (non-hydrogen) atoms. The maximum absolute atomic E-state index is 10.4. The normalized spacial score (nSPS) is 9.71. The molecule has 1 aromatic rings. The van der Waals surface area contributed by atoms with Crippen molar-refractivity contribution >= 4 is 11.7 Å². The van der Waals surface area contributed by atoms with Gasteiger partial charge >= 0.3 is 5.97 Å². The smallest absolute Gasteiger partial charge is 0.303 e. The monoisotopic (exact) mass is 196 g/mol. The number of carbonyl (C=O) groups is 1. The molecule has 0 aliphatic rings. The predicted molar refractivity (Wildman–Crippen MR) is 46.8 cm³/mol. The average molecular weight is 196 g/mol. The summed E-state index contributed by atoms with van der Waals surface area (Å²) in [6.45, 7) is 0. The van der Waals surface area contributed by atoms with Crippen LogP contribution in [0, 0.1) is 10.1 Å². The zero-order valence-electron chi connectivity index (χ0n) is 7.21. The number of carboxylic acid groups (broad SMARTS) is 1. The molecule has 0 bridgehead atoms. The van der Waals surface area contributed by atoms with Gasteiger partial charge in [-0.1, -0.05) is 0 Å². The number of nitrogens with zero attached hydrogens (tertiary/aromatic N) is 2. The molecule has 0 aliphatic heterocycles. The molecule has 0 amide bonds. The third-order valence-electron chi connectivity index (χ3n) is 1.61. The van der Waals surface area contributed by atoms with E-state index < -0.39 is 10.9 Å². The lowest BCUT2D eigenvalue weighted by Crippen LogP contribution is -1.99. The molecule has 0 saturated carbocycles. The second-order valence-corrected chi connectivity index (χ2v) is 2.66. The van der Waals surface area contributed by atoms with E-state index in [-0.39, 0.29) is 18.5 Å². The Bertz CT molecular complexity index is 364. The summed E-state index contributed by atoms with van der Waals surface area (Å²) in [7, 11) is 0. The van der Waals surface area contributed by atoms with Crippen molar-refractivity contribution in [1.82, 2.24) is 4.98 Å². The molecular formula is C8H8N2O4. The van der Waals surface area contributed by atoms with E-state index in [0.717, 1.165) is 0 Å². The quantitative estimate of drug-likeness (QED) is 0.572. The fourth-order valence-corrected chi connectivity index (χ4v) is 0.951. The van der Waals surface area contributed by atoms with Gasteiger partial charge in [-0.3, -0.25) is 19.9 Å². The molecule has 0 fully saturated rings. The third kappa shape index (κ3) is 2.81. The second kappa shape index (κ2) is 4.31. The first-order valence-corrected chi connectivity index (χ1v) is 3.90. The minimum atomic E-state index is -0.946. The van der Waals surface area contributed by atoms with E-state index in [9.17, 15) is 14.9 Å². The van der Waals surface area contributed by atoms with Gasteiger partial charge in [-0.25, -0.2) is 0 Å². The number of aryl methyl sites for hydroxylation is 1. The largest absolute Gasteiger partial charge is 0.481 e. The molecule has 0 aromatic carbocycles. The highest BCUT2D eigenvalue weighted by Crippen LogP contribution is 2.11. The first kappa shape index (κ1) is 10.1. The van der Waals surface area contributed by atoms with E-state index >= 15 is 0 Å². The van der Waals surface area contributed by atoms with Crippen LogP contribution in [0.3, 0.4) is 0 Å². The van der Waals surface area contributed by atoms with Crippen LogP contribution in [0.2, 0.25) is 0 Å². The molecule has 0 unspecified atom stereocenters. The zero-order chi connectivity index (χ0) is 10.6. The Morgan fingerprint density at radius 2 is 2.36 bits per heavy atom.